The smallest absolute Gasteiger partial charge is 0.328 e. The van der Waals surface area contributed by atoms with E-state index in [0.29, 0.717) is 6.54 Å². The van der Waals surface area contributed by atoms with Gasteiger partial charge in [0, 0.05) is 17.0 Å². The minimum absolute atomic E-state index is 0.374. The molecule has 0 radical (unpaired) electrons. The van der Waals surface area contributed by atoms with Crippen molar-refractivity contribution in [2.45, 2.75) is 13.5 Å². The second-order valence-electron chi connectivity index (χ2n) is 2.75. The molecule has 0 bridgehead atoms. The van der Waals surface area contributed by atoms with E-state index in [1.807, 2.05) is 6.92 Å². The summed E-state index contributed by atoms with van der Waals surface area (Å²) in [7, 11) is 0. The fourth-order valence-electron chi connectivity index (χ4n) is 0.869. The normalized spacial score (nSPS) is 10.5. The van der Waals surface area contributed by atoms with Gasteiger partial charge in [-0.05, 0) is 6.92 Å². The Bertz CT molecular complexity index is 398. The molecule has 0 saturated carbocycles. The number of carbonyl (C=O) groups excluding carboxylic acids is 1. The minimum Gasteiger partial charge on any atom is -0.478 e. The Labute approximate surface area is 90.5 Å². The molecule has 0 aromatic carbocycles. The van der Waals surface area contributed by atoms with Gasteiger partial charge in [0.05, 0.1) is 17.7 Å². The number of nitrogens with zero attached hydrogens (tertiary/aromatic N) is 1. The zero-order valence-electron chi connectivity index (χ0n) is 8.06. The van der Waals surface area contributed by atoms with E-state index in [0.717, 1.165) is 22.7 Å². The number of carbonyl (C=O) groups is 2. The highest BCUT2D eigenvalue weighted by Crippen LogP contribution is 2.10. The standard InChI is InChI=1S/C9H10N2O3S/c1-6-7(15-5-11-6)4-10-8(12)2-3-9(13)14/h2-3,5H,4H2,1H3,(H,10,12)(H,13,14). The molecule has 1 heterocycles. The van der Waals surface area contributed by atoms with Gasteiger partial charge >= 0.3 is 5.97 Å². The number of hydrogen-bond donors (Lipinski definition) is 2. The lowest BCUT2D eigenvalue weighted by molar-refractivity contribution is -0.131. The van der Waals surface area contributed by atoms with Crippen molar-refractivity contribution >= 4 is 23.2 Å². The predicted molar refractivity (Wildman–Crippen MR) is 55.5 cm³/mol. The van der Waals surface area contributed by atoms with Crippen molar-refractivity contribution in [1.29, 1.82) is 0 Å². The van der Waals surface area contributed by atoms with Gasteiger partial charge in [-0.3, -0.25) is 4.79 Å². The van der Waals surface area contributed by atoms with Gasteiger partial charge in [-0.15, -0.1) is 11.3 Å². The van der Waals surface area contributed by atoms with E-state index >= 15 is 0 Å². The molecule has 1 rings (SSSR count). The zero-order chi connectivity index (χ0) is 11.3. The fraction of sp³-hybridized carbons (Fsp3) is 0.222. The fourth-order valence-corrected chi connectivity index (χ4v) is 1.59. The van der Waals surface area contributed by atoms with Crippen molar-refractivity contribution in [3.63, 3.8) is 0 Å². The molecule has 0 atom stereocenters. The largest absolute Gasteiger partial charge is 0.478 e. The summed E-state index contributed by atoms with van der Waals surface area (Å²) in [5.41, 5.74) is 2.58. The van der Waals surface area contributed by atoms with Gasteiger partial charge in [0.1, 0.15) is 0 Å². The summed E-state index contributed by atoms with van der Waals surface area (Å²) in [5, 5.41) is 10.8. The van der Waals surface area contributed by atoms with Crippen molar-refractivity contribution < 1.29 is 14.7 Å². The Morgan fingerprint density at radius 1 is 1.60 bits per heavy atom. The van der Waals surface area contributed by atoms with Crippen LogP contribution in [0.1, 0.15) is 10.6 Å². The first-order chi connectivity index (χ1) is 7.09. The number of thiazole rings is 1. The van der Waals surface area contributed by atoms with Gasteiger partial charge < -0.3 is 10.4 Å². The molecule has 6 heteroatoms. The number of aromatic nitrogens is 1. The summed E-state index contributed by atoms with van der Waals surface area (Å²) in [5.74, 6) is -1.57. The lowest BCUT2D eigenvalue weighted by atomic mass is 10.4. The van der Waals surface area contributed by atoms with Gasteiger partial charge in [-0.1, -0.05) is 0 Å². The Balaban J connectivity index is 2.41. The first-order valence-corrected chi connectivity index (χ1v) is 5.05. The van der Waals surface area contributed by atoms with Gasteiger partial charge in [0.15, 0.2) is 0 Å². The van der Waals surface area contributed by atoms with Crippen LogP contribution in [-0.2, 0) is 16.1 Å². The summed E-state index contributed by atoms with van der Waals surface area (Å²) < 4.78 is 0. The Morgan fingerprint density at radius 3 is 2.87 bits per heavy atom. The number of hydrogen-bond acceptors (Lipinski definition) is 4. The highest BCUT2D eigenvalue weighted by atomic mass is 32.1. The Morgan fingerprint density at radius 2 is 2.33 bits per heavy atom. The van der Waals surface area contributed by atoms with E-state index in [1.165, 1.54) is 11.3 Å². The van der Waals surface area contributed by atoms with E-state index in [9.17, 15) is 9.59 Å². The maximum absolute atomic E-state index is 11.1. The van der Waals surface area contributed by atoms with Crippen LogP contribution < -0.4 is 5.32 Å². The van der Waals surface area contributed by atoms with E-state index in [4.69, 9.17) is 5.11 Å². The first-order valence-electron chi connectivity index (χ1n) is 4.17. The molecule has 0 aliphatic heterocycles. The molecule has 1 aromatic rings. The van der Waals surface area contributed by atoms with Crippen LogP contribution in [-0.4, -0.2) is 22.0 Å². The van der Waals surface area contributed by atoms with Crippen molar-refractivity contribution in [2.75, 3.05) is 0 Å². The molecule has 5 nitrogen and oxygen atoms in total. The molecule has 0 aliphatic rings. The van der Waals surface area contributed by atoms with Crippen LogP contribution in [0.3, 0.4) is 0 Å². The average Bonchev–Trinajstić information content (AvgIpc) is 2.58. The number of aliphatic carboxylic acids is 1. The van der Waals surface area contributed by atoms with Crippen molar-refractivity contribution in [3.05, 3.63) is 28.2 Å². The maximum Gasteiger partial charge on any atom is 0.328 e. The number of aryl methyl sites for hydroxylation is 1. The van der Waals surface area contributed by atoms with E-state index < -0.39 is 11.9 Å². The number of rotatable bonds is 4. The molecule has 0 saturated heterocycles. The first kappa shape index (κ1) is 11.4. The SMILES string of the molecule is Cc1ncsc1CNC(=O)C=CC(=O)O. The molecule has 0 spiro atoms. The van der Waals surface area contributed by atoms with Gasteiger partial charge in [-0.2, -0.15) is 0 Å². The average molecular weight is 226 g/mol. The molecule has 1 amide bonds. The maximum atomic E-state index is 11.1. The van der Waals surface area contributed by atoms with Gasteiger partial charge in [0.25, 0.3) is 0 Å². The van der Waals surface area contributed by atoms with Crippen LogP contribution in [0.15, 0.2) is 17.7 Å². The summed E-state index contributed by atoms with van der Waals surface area (Å²) in [6.07, 6.45) is 1.79. The molecule has 80 valence electrons. The van der Waals surface area contributed by atoms with Crippen LogP contribution in [0.2, 0.25) is 0 Å². The summed E-state index contributed by atoms with van der Waals surface area (Å²) >= 11 is 1.45. The third kappa shape index (κ3) is 3.90. The summed E-state index contributed by atoms with van der Waals surface area (Å²) in [6, 6.07) is 0. The lowest BCUT2D eigenvalue weighted by Gasteiger charge is -1.99. The van der Waals surface area contributed by atoms with Crippen LogP contribution in [0, 0.1) is 6.92 Å². The minimum atomic E-state index is -1.14. The number of amides is 1. The van der Waals surface area contributed by atoms with E-state index in [1.54, 1.807) is 5.51 Å². The third-order valence-electron chi connectivity index (χ3n) is 1.65. The number of nitrogens with one attached hydrogen (secondary N) is 1. The number of carboxylic acids is 1. The highest BCUT2D eigenvalue weighted by molar-refractivity contribution is 7.09. The van der Waals surface area contributed by atoms with Crippen LogP contribution in [0.25, 0.3) is 0 Å². The molecule has 15 heavy (non-hydrogen) atoms. The molecule has 0 aliphatic carbocycles. The van der Waals surface area contributed by atoms with Crippen molar-refractivity contribution in [3.8, 4) is 0 Å². The Kier molecular flexibility index (Phi) is 3.99. The molecular formula is C9H10N2O3S. The van der Waals surface area contributed by atoms with Crippen molar-refractivity contribution in [2.24, 2.45) is 0 Å². The highest BCUT2D eigenvalue weighted by Gasteiger charge is 2.02. The van der Waals surface area contributed by atoms with Gasteiger partial charge in [-0.25, -0.2) is 9.78 Å². The van der Waals surface area contributed by atoms with Crippen LogP contribution >= 0.6 is 11.3 Å². The van der Waals surface area contributed by atoms with E-state index in [2.05, 4.69) is 10.3 Å². The quantitative estimate of drug-likeness (QED) is 0.741. The summed E-state index contributed by atoms with van der Waals surface area (Å²) in [6.45, 7) is 2.23. The van der Waals surface area contributed by atoms with E-state index in [-0.39, 0.29) is 0 Å². The predicted octanol–water partition coefficient (Wildman–Crippen LogP) is 0.709. The van der Waals surface area contributed by atoms with Crippen LogP contribution in [0.5, 0.6) is 0 Å². The molecule has 0 fully saturated rings. The molecular weight excluding hydrogens is 216 g/mol. The van der Waals surface area contributed by atoms with Crippen LogP contribution in [0.4, 0.5) is 0 Å². The second kappa shape index (κ2) is 5.26. The molecule has 2 N–H and O–H groups in total. The molecule has 1 aromatic heterocycles. The lowest BCUT2D eigenvalue weighted by Crippen LogP contribution is -2.20. The zero-order valence-corrected chi connectivity index (χ0v) is 8.87. The third-order valence-corrected chi connectivity index (χ3v) is 2.58. The number of carboxylic acid groups (broad SMARTS) is 1. The Hall–Kier alpha value is -1.69. The summed E-state index contributed by atoms with van der Waals surface area (Å²) in [4.78, 5) is 26.2. The second-order valence-corrected chi connectivity index (χ2v) is 3.69. The monoisotopic (exact) mass is 226 g/mol. The molecule has 0 unspecified atom stereocenters. The van der Waals surface area contributed by atoms with Gasteiger partial charge in [0.2, 0.25) is 5.91 Å². The topological polar surface area (TPSA) is 79.3 Å². The van der Waals surface area contributed by atoms with Crippen molar-refractivity contribution in [1.82, 2.24) is 10.3 Å².